The van der Waals surface area contributed by atoms with Gasteiger partial charge in [-0.15, -0.1) is 12.4 Å². The van der Waals surface area contributed by atoms with Crippen LogP contribution in [-0.4, -0.2) is 39.7 Å². The largest absolute Gasteiger partial charge is 0.434 e. The number of alkyl halides is 3. The number of nitrogens with two attached hydrogens (primary N) is 1. The van der Waals surface area contributed by atoms with E-state index in [1.807, 2.05) is 0 Å². The molecule has 1 aromatic heterocycles. The fourth-order valence-electron chi connectivity index (χ4n) is 2.70. The predicted octanol–water partition coefficient (Wildman–Crippen LogP) is 3.14. The zero-order chi connectivity index (χ0) is 17.5. The summed E-state index contributed by atoms with van der Waals surface area (Å²) < 4.78 is 41.4. The van der Waals surface area contributed by atoms with Crippen molar-refractivity contribution >= 4 is 29.9 Å². The minimum atomic E-state index is -4.73. The Balaban J connectivity index is 0.00000225. The predicted molar refractivity (Wildman–Crippen MR) is 89.3 cm³/mol. The van der Waals surface area contributed by atoms with Gasteiger partial charge in [0, 0.05) is 24.2 Å². The maximum absolute atomic E-state index is 13.5. The fraction of sp³-hybridized carbons (Fsp3) is 0.333. The minimum absolute atomic E-state index is 0. The summed E-state index contributed by atoms with van der Waals surface area (Å²) in [6.45, 7) is 0.575. The average Bonchev–Trinajstić information content (AvgIpc) is 3.13. The Morgan fingerprint density at radius 1 is 1.28 bits per heavy atom. The van der Waals surface area contributed by atoms with Crippen molar-refractivity contribution in [1.82, 2.24) is 14.7 Å². The number of hydrogen-bond donors (Lipinski definition) is 1. The molecule has 1 atom stereocenters. The summed E-state index contributed by atoms with van der Waals surface area (Å²) >= 11 is 5.76. The van der Waals surface area contributed by atoms with Gasteiger partial charge in [0.2, 0.25) is 0 Å². The van der Waals surface area contributed by atoms with E-state index in [-0.39, 0.29) is 30.7 Å². The van der Waals surface area contributed by atoms with E-state index < -0.39 is 23.3 Å². The van der Waals surface area contributed by atoms with E-state index in [1.54, 1.807) is 0 Å². The summed E-state index contributed by atoms with van der Waals surface area (Å²) in [4.78, 5) is 13.8. The SMILES string of the molecule is Cl.N[C@@H]1CCN(C(=O)c2cnn(-c3ccc(Cl)cc3)c2C(F)(F)F)C1. The van der Waals surface area contributed by atoms with Crippen molar-refractivity contribution in [2.75, 3.05) is 13.1 Å². The highest BCUT2D eigenvalue weighted by atomic mass is 35.5. The molecule has 1 aromatic carbocycles. The van der Waals surface area contributed by atoms with Crippen molar-refractivity contribution in [2.24, 2.45) is 5.73 Å². The third kappa shape index (κ3) is 3.91. The molecular weight excluding hydrogens is 380 g/mol. The van der Waals surface area contributed by atoms with E-state index in [4.69, 9.17) is 17.3 Å². The number of likely N-dealkylation sites (tertiary alicyclic amines) is 1. The molecule has 136 valence electrons. The van der Waals surface area contributed by atoms with Crippen LogP contribution >= 0.6 is 24.0 Å². The van der Waals surface area contributed by atoms with E-state index >= 15 is 0 Å². The second-order valence-electron chi connectivity index (χ2n) is 5.59. The summed E-state index contributed by atoms with van der Waals surface area (Å²) in [5, 5.41) is 4.16. The highest BCUT2D eigenvalue weighted by Crippen LogP contribution is 2.34. The van der Waals surface area contributed by atoms with Gasteiger partial charge < -0.3 is 10.6 Å². The number of benzene rings is 1. The van der Waals surface area contributed by atoms with Crippen molar-refractivity contribution in [3.63, 3.8) is 0 Å². The van der Waals surface area contributed by atoms with Crippen molar-refractivity contribution in [1.29, 1.82) is 0 Å². The van der Waals surface area contributed by atoms with Crippen LogP contribution in [0.15, 0.2) is 30.5 Å². The molecule has 10 heteroatoms. The standard InChI is InChI=1S/C15H14ClF3N4O.ClH/c16-9-1-3-11(4-2-9)23-13(15(17,18)19)12(7-21-23)14(24)22-6-5-10(20)8-22;/h1-4,7,10H,5-6,8,20H2;1H/t10-;/m1./s1. The number of carbonyl (C=O) groups excluding carboxylic acids is 1. The van der Waals surface area contributed by atoms with Gasteiger partial charge in [-0.2, -0.15) is 18.3 Å². The number of halogens is 5. The normalized spacial score (nSPS) is 17.5. The van der Waals surface area contributed by atoms with Gasteiger partial charge in [-0.1, -0.05) is 11.6 Å². The van der Waals surface area contributed by atoms with Crippen LogP contribution in [0.4, 0.5) is 13.2 Å². The molecule has 1 aliphatic rings. The molecule has 0 radical (unpaired) electrons. The molecule has 0 bridgehead atoms. The Kier molecular flexibility index (Phi) is 5.65. The summed E-state index contributed by atoms with van der Waals surface area (Å²) in [5.74, 6) is -0.713. The van der Waals surface area contributed by atoms with E-state index in [1.165, 1.54) is 29.2 Å². The molecule has 0 spiro atoms. The Hall–Kier alpha value is -1.77. The highest BCUT2D eigenvalue weighted by Gasteiger charge is 2.42. The molecule has 1 aliphatic heterocycles. The van der Waals surface area contributed by atoms with Crippen LogP contribution in [0.25, 0.3) is 5.69 Å². The lowest BCUT2D eigenvalue weighted by Gasteiger charge is -2.17. The lowest BCUT2D eigenvalue weighted by molar-refractivity contribution is -0.143. The second kappa shape index (κ2) is 7.23. The maximum atomic E-state index is 13.5. The minimum Gasteiger partial charge on any atom is -0.337 e. The molecule has 0 saturated carbocycles. The lowest BCUT2D eigenvalue weighted by Crippen LogP contribution is -2.33. The van der Waals surface area contributed by atoms with E-state index in [9.17, 15) is 18.0 Å². The molecule has 0 unspecified atom stereocenters. The second-order valence-corrected chi connectivity index (χ2v) is 6.03. The fourth-order valence-corrected chi connectivity index (χ4v) is 2.82. The molecule has 2 N–H and O–H groups in total. The number of rotatable bonds is 2. The summed E-state index contributed by atoms with van der Waals surface area (Å²) in [5.41, 5.74) is 4.31. The van der Waals surface area contributed by atoms with Gasteiger partial charge in [0.25, 0.3) is 5.91 Å². The van der Waals surface area contributed by atoms with Gasteiger partial charge in [-0.05, 0) is 30.7 Å². The molecule has 2 aromatic rings. The summed E-state index contributed by atoms with van der Waals surface area (Å²) in [6.07, 6.45) is -3.22. The first kappa shape index (κ1) is 19.6. The molecule has 0 aliphatic carbocycles. The van der Waals surface area contributed by atoms with Crippen molar-refractivity contribution < 1.29 is 18.0 Å². The lowest BCUT2D eigenvalue weighted by atomic mass is 10.2. The maximum Gasteiger partial charge on any atom is 0.434 e. The molecular formula is C15H15Cl2F3N4O. The third-order valence-electron chi connectivity index (χ3n) is 3.85. The highest BCUT2D eigenvalue weighted by molar-refractivity contribution is 6.30. The molecule has 1 amide bonds. The number of hydrogen-bond acceptors (Lipinski definition) is 3. The number of carbonyl (C=O) groups is 1. The molecule has 25 heavy (non-hydrogen) atoms. The van der Waals surface area contributed by atoms with Crippen LogP contribution < -0.4 is 5.73 Å². The smallest absolute Gasteiger partial charge is 0.337 e. The van der Waals surface area contributed by atoms with Gasteiger partial charge in [0.1, 0.15) is 0 Å². The van der Waals surface area contributed by atoms with Gasteiger partial charge in [0.05, 0.1) is 17.4 Å². The van der Waals surface area contributed by atoms with Crippen LogP contribution in [0.5, 0.6) is 0 Å². The topological polar surface area (TPSA) is 64.2 Å². The first-order valence-electron chi connectivity index (χ1n) is 7.23. The monoisotopic (exact) mass is 394 g/mol. The zero-order valence-electron chi connectivity index (χ0n) is 12.8. The van der Waals surface area contributed by atoms with Gasteiger partial charge in [-0.3, -0.25) is 4.79 Å². The Morgan fingerprint density at radius 2 is 1.92 bits per heavy atom. The van der Waals surface area contributed by atoms with E-state index in [0.717, 1.165) is 6.20 Å². The van der Waals surface area contributed by atoms with E-state index in [0.29, 0.717) is 22.7 Å². The van der Waals surface area contributed by atoms with Gasteiger partial charge in [0.15, 0.2) is 5.69 Å². The van der Waals surface area contributed by atoms with Crippen molar-refractivity contribution in [3.8, 4) is 5.69 Å². The zero-order valence-corrected chi connectivity index (χ0v) is 14.4. The van der Waals surface area contributed by atoms with Crippen LogP contribution in [0.2, 0.25) is 5.02 Å². The van der Waals surface area contributed by atoms with Crippen LogP contribution in [-0.2, 0) is 6.18 Å². The Morgan fingerprint density at radius 3 is 2.44 bits per heavy atom. The van der Waals surface area contributed by atoms with Gasteiger partial charge in [-0.25, -0.2) is 4.68 Å². The van der Waals surface area contributed by atoms with Crippen LogP contribution in [0, 0.1) is 0 Å². The molecule has 1 saturated heterocycles. The molecule has 2 heterocycles. The number of aromatic nitrogens is 2. The van der Waals surface area contributed by atoms with Crippen LogP contribution in [0.1, 0.15) is 22.5 Å². The Bertz CT molecular complexity index is 761. The molecule has 3 rings (SSSR count). The van der Waals surface area contributed by atoms with Crippen molar-refractivity contribution in [3.05, 3.63) is 46.7 Å². The summed E-state index contributed by atoms with van der Waals surface area (Å²) in [7, 11) is 0. The average molecular weight is 395 g/mol. The molecule has 1 fully saturated rings. The number of nitrogens with zero attached hydrogens (tertiary/aromatic N) is 3. The Labute approximate surface area is 152 Å². The third-order valence-corrected chi connectivity index (χ3v) is 4.10. The first-order valence-corrected chi connectivity index (χ1v) is 7.61. The van der Waals surface area contributed by atoms with Crippen molar-refractivity contribution in [2.45, 2.75) is 18.6 Å². The first-order chi connectivity index (χ1) is 11.3. The van der Waals surface area contributed by atoms with Crippen LogP contribution in [0.3, 0.4) is 0 Å². The molecule has 5 nitrogen and oxygen atoms in total. The van der Waals surface area contributed by atoms with E-state index in [2.05, 4.69) is 5.10 Å². The summed E-state index contributed by atoms with van der Waals surface area (Å²) in [6, 6.07) is 5.52. The number of amides is 1. The quantitative estimate of drug-likeness (QED) is 0.850. The van der Waals surface area contributed by atoms with Gasteiger partial charge >= 0.3 is 6.18 Å².